The van der Waals surface area contributed by atoms with Crippen molar-refractivity contribution in [3.05, 3.63) is 0 Å². The van der Waals surface area contributed by atoms with E-state index in [4.69, 9.17) is 5.11 Å². The first-order valence-corrected chi connectivity index (χ1v) is 7.72. The standard InChI is InChI=1S/C10H18N2O4S/c13-10(14)12-3-1-9(2-4-12)11-5-7-17(15,16)8-6-11/h9H,1-8H2,(H,13,14). The van der Waals surface area contributed by atoms with Gasteiger partial charge >= 0.3 is 6.09 Å². The van der Waals surface area contributed by atoms with E-state index in [2.05, 4.69) is 4.90 Å². The van der Waals surface area contributed by atoms with Crippen LogP contribution >= 0.6 is 0 Å². The van der Waals surface area contributed by atoms with E-state index in [9.17, 15) is 13.2 Å². The number of nitrogens with zero attached hydrogens (tertiary/aromatic N) is 2. The van der Waals surface area contributed by atoms with E-state index in [1.807, 2.05) is 0 Å². The molecule has 0 aromatic heterocycles. The van der Waals surface area contributed by atoms with E-state index in [1.54, 1.807) is 0 Å². The third-order valence-electron chi connectivity index (χ3n) is 3.63. The largest absolute Gasteiger partial charge is 0.465 e. The summed E-state index contributed by atoms with van der Waals surface area (Å²) in [7, 11) is -2.82. The molecule has 17 heavy (non-hydrogen) atoms. The molecule has 0 aromatic rings. The first-order chi connectivity index (χ1) is 7.98. The average molecular weight is 262 g/mol. The Bertz CT molecular complexity index is 373. The fourth-order valence-electron chi connectivity index (χ4n) is 2.51. The SMILES string of the molecule is O=C(O)N1CCC(N2CCS(=O)(=O)CC2)CC1. The van der Waals surface area contributed by atoms with Gasteiger partial charge in [0.15, 0.2) is 9.84 Å². The van der Waals surface area contributed by atoms with Gasteiger partial charge in [0, 0.05) is 32.2 Å². The second-order valence-corrected chi connectivity index (χ2v) is 6.99. The molecule has 1 N–H and O–H groups in total. The number of amides is 1. The lowest BCUT2D eigenvalue weighted by Gasteiger charge is -2.39. The van der Waals surface area contributed by atoms with Crippen LogP contribution in [0.25, 0.3) is 0 Å². The van der Waals surface area contributed by atoms with Gasteiger partial charge in [-0.25, -0.2) is 13.2 Å². The van der Waals surface area contributed by atoms with Crippen LogP contribution in [-0.2, 0) is 9.84 Å². The van der Waals surface area contributed by atoms with Crippen LogP contribution < -0.4 is 0 Å². The maximum absolute atomic E-state index is 11.3. The summed E-state index contributed by atoms with van der Waals surface area (Å²) >= 11 is 0. The highest BCUT2D eigenvalue weighted by Gasteiger charge is 2.30. The number of carboxylic acid groups (broad SMARTS) is 1. The van der Waals surface area contributed by atoms with E-state index in [1.165, 1.54) is 4.90 Å². The van der Waals surface area contributed by atoms with E-state index >= 15 is 0 Å². The van der Waals surface area contributed by atoms with Crippen LogP contribution in [0.3, 0.4) is 0 Å². The highest BCUT2D eigenvalue weighted by atomic mass is 32.2. The van der Waals surface area contributed by atoms with Gasteiger partial charge in [0.1, 0.15) is 0 Å². The van der Waals surface area contributed by atoms with Crippen molar-refractivity contribution < 1.29 is 18.3 Å². The molecule has 0 spiro atoms. The summed E-state index contributed by atoms with van der Waals surface area (Å²) in [5.74, 6) is 0.484. The number of likely N-dealkylation sites (tertiary alicyclic amines) is 1. The van der Waals surface area contributed by atoms with Gasteiger partial charge in [-0.05, 0) is 12.8 Å². The first-order valence-electron chi connectivity index (χ1n) is 5.90. The summed E-state index contributed by atoms with van der Waals surface area (Å²) in [6.45, 7) is 2.31. The van der Waals surface area contributed by atoms with E-state index < -0.39 is 15.9 Å². The molecule has 6 nitrogen and oxygen atoms in total. The summed E-state index contributed by atoms with van der Waals surface area (Å²) in [6.07, 6.45) is 0.767. The van der Waals surface area contributed by atoms with Crippen LogP contribution in [0.1, 0.15) is 12.8 Å². The molecule has 0 atom stereocenters. The van der Waals surface area contributed by atoms with Crippen LogP contribution in [0.5, 0.6) is 0 Å². The van der Waals surface area contributed by atoms with Crippen molar-refractivity contribution in [3.63, 3.8) is 0 Å². The van der Waals surface area contributed by atoms with Crippen LogP contribution in [0.2, 0.25) is 0 Å². The zero-order chi connectivity index (χ0) is 12.5. The van der Waals surface area contributed by atoms with E-state index in [0.717, 1.165) is 12.8 Å². The van der Waals surface area contributed by atoms with Crippen LogP contribution in [0, 0.1) is 0 Å². The van der Waals surface area contributed by atoms with Gasteiger partial charge in [-0.15, -0.1) is 0 Å². The van der Waals surface area contributed by atoms with Crippen LogP contribution in [0.15, 0.2) is 0 Å². The minimum absolute atomic E-state index is 0.242. The molecule has 2 heterocycles. The van der Waals surface area contributed by atoms with Crippen LogP contribution in [0.4, 0.5) is 4.79 Å². The number of hydrogen-bond acceptors (Lipinski definition) is 4. The number of sulfone groups is 1. The fourth-order valence-corrected chi connectivity index (χ4v) is 3.74. The first kappa shape index (κ1) is 12.6. The number of piperidine rings is 1. The maximum atomic E-state index is 11.3. The Balaban J connectivity index is 1.84. The molecule has 1 amide bonds. The summed E-state index contributed by atoms with van der Waals surface area (Å²) < 4.78 is 22.6. The summed E-state index contributed by atoms with van der Waals surface area (Å²) in [4.78, 5) is 14.4. The zero-order valence-electron chi connectivity index (χ0n) is 9.71. The molecule has 2 rings (SSSR count). The quantitative estimate of drug-likeness (QED) is 0.711. The molecule has 0 aliphatic carbocycles. The van der Waals surface area contributed by atoms with Crippen molar-refractivity contribution in [2.45, 2.75) is 18.9 Å². The van der Waals surface area contributed by atoms with Crippen molar-refractivity contribution in [1.82, 2.24) is 9.80 Å². The molecule has 0 radical (unpaired) electrons. The third-order valence-corrected chi connectivity index (χ3v) is 5.24. The monoisotopic (exact) mass is 262 g/mol. The van der Waals surface area contributed by atoms with Crippen molar-refractivity contribution >= 4 is 15.9 Å². The Hall–Kier alpha value is -0.820. The second-order valence-electron chi connectivity index (χ2n) is 4.69. The van der Waals surface area contributed by atoms with Gasteiger partial charge in [-0.2, -0.15) is 0 Å². The zero-order valence-corrected chi connectivity index (χ0v) is 10.5. The molecule has 2 fully saturated rings. The summed E-state index contributed by atoms with van der Waals surface area (Å²) in [6, 6.07) is 0.348. The highest BCUT2D eigenvalue weighted by molar-refractivity contribution is 7.91. The molecular formula is C10H18N2O4S. The Morgan fingerprint density at radius 3 is 2.06 bits per heavy atom. The lowest BCUT2D eigenvalue weighted by Crippen LogP contribution is -2.51. The van der Waals surface area contributed by atoms with E-state index in [-0.39, 0.29) is 11.5 Å². The Morgan fingerprint density at radius 1 is 1.06 bits per heavy atom. The molecular weight excluding hydrogens is 244 g/mol. The smallest absolute Gasteiger partial charge is 0.407 e. The Kier molecular flexibility index (Phi) is 3.58. The molecule has 2 aliphatic rings. The van der Waals surface area contributed by atoms with Crippen molar-refractivity contribution in [2.24, 2.45) is 0 Å². The minimum atomic E-state index is -2.82. The van der Waals surface area contributed by atoms with Gasteiger partial charge in [-0.1, -0.05) is 0 Å². The molecule has 98 valence electrons. The summed E-state index contributed by atoms with van der Waals surface area (Å²) in [5, 5.41) is 8.84. The van der Waals surface area contributed by atoms with Crippen molar-refractivity contribution in [2.75, 3.05) is 37.7 Å². The van der Waals surface area contributed by atoms with Gasteiger partial charge in [0.05, 0.1) is 11.5 Å². The van der Waals surface area contributed by atoms with E-state index in [0.29, 0.717) is 32.2 Å². The van der Waals surface area contributed by atoms with Gasteiger partial charge in [0.25, 0.3) is 0 Å². The molecule has 2 aliphatic heterocycles. The number of hydrogen-bond donors (Lipinski definition) is 1. The summed E-state index contributed by atoms with van der Waals surface area (Å²) in [5.41, 5.74) is 0. The average Bonchev–Trinajstić information content (AvgIpc) is 2.29. The molecule has 2 saturated heterocycles. The molecule has 7 heteroatoms. The van der Waals surface area contributed by atoms with Crippen molar-refractivity contribution in [3.8, 4) is 0 Å². The van der Waals surface area contributed by atoms with Gasteiger partial charge in [-0.3, -0.25) is 4.90 Å². The normalized spacial score (nSPS) is 26.9. The Labute approximate surface area is 101 Å². The predicted molar refractivity (Wildman–Crippen MR) is 62.8 cm³/mol. The second kappa shape index (κ2) is 4.81. The highest BCUT2D eigenvalue weighted by Crippen LogP contribution is 2.18. The molecule has 0 saturated carbocycles. The number of rotatable bonds is 1. The molecule has 0 unspecified atom stereocenters. The van der Waals surface area contributed by atoms with Gasteiger partial charge < -0.3 is 10.0 Å². The minimum Gasteiger partial charge on any atom is -0.465 e. The lowest BCUT2D eigenvalue weighted by atomic mass is 10.0. The molecule has 0 aromatic carbocycles. The van der Waals surface area contributed by atoms with Crippen molar-refractivity contribution in [1.29, 1.82) is 0 Å². The fraction of sp³-hybridized carbons (Fsp3) is 0.900. The Morgan fingerprint density at radius 2 is 1.59 bits per heavy atom. The van der Waals surface area contributed by atoms with Gasteiger partial charge in [0.2, 0.25) is 0 Å². The maximum Gasteiger partial charge on any atom is 0.407 e. The topological polar surface area (TPSA) is 77.9 Å². The predicted octanol–water partition coefficient (Wildman–Crippen LogP) is -0.141. The van der Waals surface area contributed by atoms with Crippen LogP contribution in [-0.4, -0.2) is 73.1 Å². The lowest BCUT2D eigenvalue weighted by molar-refractivity contribution is 0.0988. The third kappa shape index (κ3) is 3.10. The number of carbonyl (C=O) groups is 1. The molecule has 0 bridgehead atoms.